The molecular formula is C14H19NO3. The quantitative estimate of drug-likeness (QED) is 0.812. The van der Waals surface area contributed by atoms with Crippen molar-refractivity contribution in [3.05, 3.63) is 35.9 Å². The fraction of sp³-hybridized carbons (Fsp3) is 0.429. The van der Waals surface area contributed by atoms with Gasteiger partial charge in [0.1, 0.15) is 0 Å². The third kappa shape index (κ3) is 3.87. The smallest absolute Gasteiger partial charge is 0.310 e. The zero-order chi connectivity index (χ0) is 13.5. The average Bonchev–Trinajstić information content (AvgIpc) is 2.39. The summed E-state index contributed by atoms with van der Waals surface area (Å²) in [6.07, 6.45) is 0. The maximum absolute atomic E-state index is 11.9. The van der Waals surface area contributed by atoms with E-state index in [2.05, 4.69) is 5.32 Å². The lowest BCUT2D eigenvalue weighted by molar-refractivity contribution is -0.148. The van der Waals surface area contributed by atoms with Gasteiger partial charge in [0.2, 0.25) is 0 Å². The van der Waals surface area contributed by atoms with Crippen LogP contribution in [0.1, 0.15) is 31.1 Å². The van der Waals surface area contributed by atoms with E-state index < -0.39 is 0 Å². The molecule has 1 rings (SSSR count). The van der Waals surface area contributed by atoms with Crippen LogP contribution in [-0.2, 0) is 9.53 Å². The predicted molar refractivity (Wildman–Crippen MR) is 69.2 cm³/mol. The molecule has 0 aliphatic carbocycles. The Labute approximate surface area is 107 Å². The van der Waals surface area contributed by atoms with E-state index >= 15 is 0 Å². The summed E-state index contributed by atoms with van der Waals surface area (Å²) in [4.78, 5) is 23.4. The minimum Gasteiger partial charge on any atom is -0.466 e. The summed E-state index contributed by atoms with van der Waals surface area (Å²) in [5.74, 6) is -0.838. The van der Waals surface area contributed by atoms with Gasteiger partial charge in [-0.2, -0.15) is 0 Å². The Morgan fingerprint density at radius 3 is 2.39 bits per heavy atom. The summed E-state index contributed by atoms with van der Waals surface area (Å²) < 4.78 is 4.92. The van der Waals surface area contributed by atoms with Crippen molar-refractivity contribution in [1.29, 1.82) is 0 Å². The Kier molecular flexibility index (Phi) is 5.36. The van der Waals surface area contributed by atoms with Gasteiger partial charge in [0.05, 0.1) is 12.5 Å². The van der Waals surface area contributed by atoms with Crippen LogP contribution in [0.3, 0.4) is 0 Å². The van der Waals surface area contributed by atoms with E-state index in [9.17, 15) is 9.59 Å². The average molecular weight is 249 g/mol. The van der Waals surface area contributed by atoms with Gasteiger partial charge in [-0.05, 0) is 32.9 Å². The molecule has 0 aliphatic rings. The lowest BCUT2D eigenvalue weighted by Gasteiger charge is -2.19. The maximum atomic E-state index is 11.9. The largest absolute Gasteiger partial charge is 0.466 e. The van der Waals surface area contributed by atoms with Crippen molar-refractivity contribution in [3.8, 4) is 0 Å². The van der Waals surface area contributed by atoms with E-state index in [-0.39, 0.29) is 23.8 Å². The van der Waals surface area contributed by atoms with Crippen LogP contribution in [0, 0.1) is 5.92 Å². The number of rotatable bonds is 5. The highest BCUT2D eigenvalue weighted by Gasteiger charge is 2.23. The standard InChI is InChI=1S/C14H19NO3/c1-4-18-14(17)10(2)11(3)15-13(16)12-8-6-5-7-9-12/h5-11H,4H2,1-3H3,(H,15,16). The van der Waals surface area contributed by atoms with Crippen LogP contribution in [-0.4, -0.2) is 24.5 Å². The molecule has 1 amide bonds. The van der Waals surface area contributed by atoms with Crippen LogP contribution in [0.15, 0.2) is 30.3 Å². The van der Waals surface area contributed by atoms with E-state index in [1.165, 1.54) is 0 Å². The molecule has 1 aromatic rings. The second-order valence-corrected chi connectivity index (χ2v) is 4.17. The molecule has 0 spiro atoms. The lowest BCUT2D eigenvalue weighted by atomic mass is 10.0. The molecule has 98 valence electrons. The van der Waals surface area contributed by atoms with Gasteiger partial charge in [-0.15, -0.1) is 0 Å². The zero-order valence-electron chi connectivity index (χ0n) is 11.0. The minimum atomic E-state index is -0.363. The maximum Gasteiger partial charge on any atom is 0.310 e. The van der Waals surface area contributed by atoms with Gasteiger partial charge < -0.3 is 10.1 Å². The number of esters is 1. The molecule has 1 N–H and O–H groups in total. The highest BCUT2D eigenvalue weighted by molar-refractivity contribution is 5.94. The van der Waals surface area contributed by atoms with Crippen molar-refractivity contribution in [1.82, 2.24) is 5.32 Å². The van der Waals surface area contributed by atoms with Gasteiger partial charge in [0.25, 0.3) is 5.91 Å². The molecule has 0 radical (unpaired) electrons. The number of hydrogen-bond donors (Lipinski definition) is 1. The van der Waals surface area contributed by atoms with Gasteiger partial charge >= 0.3 is 5.97 Å². The molecular weight excluding hydrogens is 230 g/mol. The predicted octanol–water partition coefficient (Wildman–Crippen LogP) is 2.00. The Morgan fingerprint density at radius 1 is 1.22 bits per heavy atom. The third-order valence-electron chi connectivity index (χ3n) is 2.80. The Bertz CT molecular complexity index is 403. The molecule has 2 atom stereocenters. The van der Waals surface area contributed by atoms with Gasteiger partial charge in [-0.1, -0.05) is 18.2 Å². The lowest BCUT2D eigenvalue weighted by Crippen LogP contribution is -2.40. The molecule has 0 aliphatic heterocycles. The number of amides is 1. The first-order valence-corrected chi connectivity index (χ1v) is 6.08. The first-order valence-electron chi connectivity index (χ1n) is 6.08. The number of nitrogens with one attached hydrogen (secondary N) is 1. The molecule has 1 aromatic carbocycles. The number of benzene rings is 1. The molecule has 0 aromatic heterocycles. The van der Waals surface area contributed by atoms with Crippen LogP contribution < -0.4 is 5.32 Å². The first-order chi connectivity index (χ1) is 8.56. The van der Waals surface area contributed by atoms with Crippen molar-refractivity contribution in [2.45, 2.75) is 26.8 Å². The Balaban J connectivity index is 2.57. The SMILES string of the molecule is CCOC(=O)C(C)C(C)NC(=O)c1ccccc1. The monoisotopic (exact) mass is 249 g/mol. The fourth-order valence-electron chi connectivity index (χ4n) is 1.48. The minimum absolute atomic E-state index is 0.181. The molecule has 2 unspecified atom stereocenters. The van der Waals surface area contributed by atoms with Crippen LogP contribution in [0.25, 0.3) is 0 Å². The molecule has 18 heavy (non-hydrogen) atoms. The molecule has 0 heterocycles. The van der Waals surface area contributed by atoms with Crippen LogP contribution in [0.5, 0.6) is 0 Å². The van der Waals surface area contributed by atoms with Crippen molar-refractivity contribution in [2.24, 2.45) is 5.92 Å². The van der Waals surface area contributed by atoms with Crippen molar-refractivity contribution in [2.75, 3.05) is 6.61 Å². The topological polar surface area (TPSA) is 55.4 Å². The van der Waals surface area contributed by atoms with E-state index in [0.717, 1.165) is 0 Å². The third-order valence-corrected chi connectivity index (χ3v) is 2.80. The van der Waals surface area contributed by atoms with E-state index in [1.54, 1.807) is 45.0 Å². The molecule has 0 saturated heterocycles. The van der Waals surface area contributed by atoms with E-state index in [4.69, 9.17) is 4.74 Å². The first kappa shape index (κ1) is 14.2. The number of carbonyl (C=O) groups is 2. The normalized spacial score (nSPS) is 13.5. The van der Waals surface area contributed by atoms with Gasteiger partial charge in [-0.3, -0.25) is 9.59 Å². The summed E-state index contributed by atoms with van der Waals surface area (Å²) in [7, 11) is 0. The molecule has 0 saturated carbocycles. The van der Waals surface area contributed by atoms with Crippen LogP contribution in [0.4, 0.5) is 0 Å². The molecule has 4 heteroatoms. The van der Waals surface area contributed by atoms with Gasteiger partial charge in [-0.25, -0.2) is 0 Å². The van der Waals surface area contributed by atoms with Crippen molar-refractivity contribution >= 4 is 11.9 Å². The second-order valence-electron chi connectivity index (χ2n) is 4.17. The Hall–Kier alpha value is -1.84. The number of hydrogen-bond acceptors (Lipinski definition) is 3. The number of carbonyl (C=O) groups excluding carboxylic acids is 2. The molecule has 4 nitrogen and oxygen atoms in total. The number of ether oxygens (including phenoxy) is 1. The van der Waals surface area contributed by atoms with Gasteiger partial charge in [0.15, 0.2) is 0 Å². The summed E-state index contributed by atoms with van der Waals surface area (Å²) in [6, 6.07) is 8.65. The summed E-state index contributed by atoms with van der Waals surface area (Å²) in [5.41, 5.74) is 0.584. The summed E-state index contributed by atoms with van der Waals surface area (Å²) in [5, 5.41) is 2.80. The van der Waals surface area contributed by atoms with E-state index in [1.807, 2.05) is 6.07 Å². The molecule has 0 fully saturated rings. The highest BCUT2D eigenvalue weighted by Crippen LogP contribution is 2.07. The molecule has 0 bridgehead atoms. The Morgan fingerprint density at radius 2 is 1.83 bits per heavy atom. The zero-order valence-corrected chi connectivity index (χ0v) is 11.0. The van der Waals surface area contributed by atoms with Crippen LogP contribution in [0.2, 0.25) is 0 Å². The van der Waals surface area contributed by atoms with Crippen LogP contribution >= 0.6 is 0 Å². The van der Waals surface area contributed by atoms with Crippen molar-refractivity contribution in [3.63, 3.8) is 0 Å². The fourth-order valence-corrected chi connectivity index (χ4v) is 1.48. The van der Waals surface area contributed by atoms with E-state index in [0.29, 0.717) is 12.2 Å². The summed E-state index contributed by atoms with van der Waals surface area (Å²) in [6.45, 7) is 5.65. The highest BCUT2D eigenvalue weighted by atomic mass is 16.5. The second kappa shape index (κ2) is 6.79. The van der Waals surface area contributed by atoms with Gasteiger partial charge in [0, 0.05) is 11.6 Å². The summed E-state index contributed by atoms with van der Waals surface area (Å²) >= 11 is 0. The van der Waals surface area contributed by atoms with Crippen molar-refractivity contribution < 1.29 is 14.3 Å².